The molecule has 3 rings (SSSR count). The third kappa shape index (κ3) is 4.00. The van der Waals surface area contributed by atoms with Gasteiger partial charge in [-0.1, -0.05) is 12.1 Å². The summed E-state index contributed by atoms with van der Waals surface area (Å²) in [4.78, 5) is 21.3. The first-order valence-corrected chi connectivity index (χ1v) is 8.37. The van der Waals surface area contributed by atoms with E-state index in [9.17, 15) is 4.79 Å². The topological polar surface area (TPSA) is 132 Å². The van der Waals surface area contributed by atoms with E-state index in [2.05, 4.69) is 9.98 Å². The van der Waals surface area contributed by atoms with Gasteiger partial charge in [-0.2, -0.15) is 4.99 Å². The molecule has 0 saturated carbocycles. The number of aliphatic imine (C=N–C) groups is 2. The Hall–Kier alpha value is -3.55. The number of guanidine groups is 2. The Kier molecular flexibility index (Phi) is 4.72. The maximum Gasteiger partial charge on any atom is 0.248 e. The van der Waals surface area contributed by atoms with Gasteiger partial charge in [0.05, 0.1) is 0 Å². The number of rotatable bonds is 5. The van der Waals surface area contributed by atoms with Crippen LogP contribution in [0.5, 0.6) is 5.75 Å². The number of hydrogen-bond donors (Lipinski definition) is 3. The minimum atomic E-state index is -0.638. The van der Waals surface area contributed by atoms with Gasteiger partial charge in [0, 0.05) is 11.3 Å². The van der Waals surface area contributed by atoms with E-state index < -0.39 is 11.6 Å². The highest BCUT2D eigenvalue weighted by atomic mass is 16.5. The molecule has 2 aromatic carbocycles. The first-order chi connectivity index (χ1) is 12.8. The summed E-state index contributed by atoms with van der Waals surface area (Å²) in [5.41, 5.74) is 18.6. The van der Waals surface area contributed by atoms with Gasteiger partial charge in [0.15, 0.2) is 0 Å². The number of hydrogen-bond acceptors (Lipinski definition) is 7. The molecule has 27 heavy (non-hydrogen) atoms. The van der Waals surface area contributed by atoms with Crippen LogP contribution in [0.15, 0.2) is 58.5 Å². The van der Waals surface area contributed by atoms with Gasteiger partial charge in [0.1, 0.15) is 18.0 Å². The Balaban J connectivity index is 1.69. The van der Waals surface area contributed by atoms with E-state index in [1.807, 2.05) is 50.2 Å². The van der Waals surface area contributed by atoms with Crippen molar-refractivity contribution in [2.24, 2.45) is 27.2 Å². The van der Waals surface area contributed by atoms with Crippen molar-refractivity contribution >= 4 is 23.5 Å². The number of primary amides is 1. The molecule has 0 aromatic heterocycles. The summed E-state index contributed by atoms with van der Waals surface area (Å²) in [7, 11) is 0. The number of anilines is 1. The minimum absolute atomic E-state index is 0.163. The quantitative estimate of drug-likeness (QED) is 0.738. The normalized spacial score (nSPS) is 15.7. The molecule has 0 fully saturated rings. The lowest BCUT2D eigenvalue weighted by Gasteiger charge is -2.38. The molecular formula is C19H22N6O2. The Bertz CT molecular complexity index is 901. The van der Waals surface area contributed by atoms with Gasteiger partial charge in [-0.3, -0.25) is 9.69 Å². The van der Waals surface area contributed by atoms with Crippen LogP contribution in [0.3, 0.4) is 0 Å². The van der Waals surface area contributed by atoms with E-state index in [-0.39, 0.29) is 11.9 Å². The van der Waals surface area contributed by atoms with Gasteiger partial charge in [-0.15, -0.1) is 0 Å². The summed E-state index contributed by atoms with van der Waals surface area (Å²) in [6.07, 6.45) is 0. The molecule has 1 amide bonds. The van der Waals surface area contributed by atoms with Crippen LogP contribution in [0.25, 0.3) is 0 Å². The van der Waals surface area contributed by atoms with Crippen LogP contribution in [-0.4, -0.2) is 23.5 Å². The van der Waals surface area contributed by atoms with E-state index >= 15 is 0 Å². The minimum Gasteiger partial charge on any atom is -0.489 e. The van der Waals surface area contributed by atoms with Crippen LogP contribution in [0, 0.1) is 0 Å². The molecule has 0 spiro atoms. The lowest BCUT2D eigenvalue weighted by Crippen LogP contribution is -2.54. The number of ether oxygens (including phenoxy) is 1. The highest BCUT2D eigenvalue weighted by molar-refractivity contribution is 6.05. The fourth-order valence-corrected chi connectivity index (χ4v) is 2.87. The summed E-state index contributed by atoms with van der Waals surface area (Å²) >= 11 is 0. The van der Waals surface area contributed by atoms with E-state index in [0.717, 1.165) is 11.3 Å². The highest BCUT2D eigenvalue weighted by Crippen LogP contribution is 2.29. The lowest BCUT2D eigenvalue weighted by atomic mass is 10.1. The molecule has 140 valence electrons. The van der Waals surface area contributed by atoms with Crippen molar-refractivity contribution < 1.29 is 9.53 Å². The number of carbonyl (C=O) groups is 1. The van der Waals surface area contributed by atoms with Crippen molar-refractivity contribution in [3.05, 3.63) is 59.7 Å². The molecule has 8 nitrogen and oxygen atoms in total. The van der Waals surface area contributed by atoms with Crippen molar-refractivity contribution in [2.75, 3.05) is 4.90 Å². The fraction of sp³-hybridized carbons (Fsp3) is 0.211. The predicted molar refractivity (Wildman–Crippen MR) is 106 cm³/mol. The van der Waals surface area contributed by atoms with Crippen molar-refractivity contribution in [3.8, 4) is 5.75 Å². The fourth-order valence-electron chi connectivity index (χ4n) is 2.87. The summed E-state index contributed by atoms with van der Waals surface area (Å²) in [6, 6.07) is 14.4. The maximum atomic E-state index is 11.1. The average molecular weight is 366 g/mol. The summed E-state index contributed by atoms with van der Waals surface area (Å²) < 4.78 is 5.79. The first kappa shape index (κ1) is 18.2. The Labute approximate surface area is 157 Å². The van der Waals surface area contributed by atoms with Gasteiger partial charge >= 0.3 is 0 Å². The van der Waals surface area contributed by atoms with E-state index in [1.54, 1.807) is 17.0 Å². The van der Waals surface area contributed by atoms with Crippen molar-refractivity contribution in [1.82, 2.24) is 0 Å². The van der Waals surface area contributed by atoms with Crippen molar-refractivity contribution in [2.45, 2.75) is 26.1 Å². The van der Waals surface area contributed by atoms with Gasteiger partial charge in [-0.05, 0) is 55.8 Å². The van der Waals surface area contributed by atoms with Crippen LogP contribution < -0.4 is 26.8 Å². The number of amides is 1. The second-order valence-electron chi connectivity index (χ2n) is 6.61. The Morgan fingerprint density at radius 2 is 1.70 bits per heavy atom. The molecule has 0 unspecified atom stereocenters. The molecule has 0 saturated heterocycles. The lowest BCUT2D eigenvalue weighted by molar-refractivity contribution is 0.1000. The first-order valence-electron chi connectivity index (χ1n) is 8.37. The van der Waals surface area contributed by atoms with Crippen LogP contribution in [0.1, 0.15) is 29.8 Å². The molecule has 0 radical (unpaired) electrons. The molecule has 6 N–H and O–H groups in total. The van der Waals surface area contributed by atoms with Crippen molar-refractivity contribution in [3.63, 3.8) is 0 Å². The smallest absolute Gasteiger partial charge is 0.248 e. The van der Waals surface area contributed by atoms with E-state index in [4.69, 9.17) is 21.9 Å². The molecular weight excluding hydrogens is 344 g/mol. The van der Waals surface area contributed by atoms with Gasteiger partial charge in [-0.25, -0.2) is 4.99 Å². The third-order valence-electron chi connectivity index (χ3n) is 4.13. The van der Waals surface area contributed by atoms with Crippen LogP contribution in [0.2, 0.25) is 0 Å². The SMILES string of the molecule is CC1(C)N=C(N)N=C(N)N1c1ccc(OCc2ccc(C(N)=O)cc2)cc1. The molecule has 8 heteroatoms. The third-order valence-corrected chi connectivity index (χ3v) is 4.13. The summed E-state index contributed by atoms with van der Waals surface area (Å²) in [6.45, 7) is 4.18. The number of nitrogens with zero attached hydrogens (tertiary/aromatic N) is 3. The van der Waals surface area contributed by atoms with E-state index in [0.29, 0.717) is 17.9 Å². The molecule has 1 aliphatic heterocycles. The van der Waals surface area contributed by atoms with Crippen LogP contribution in [0.4, 0.5) is 5.69 Å². The van der Waals surface area contributed by atoms with Gasteiger partial charge in [0.25, 0.3) is 0 Å². The predicted octanol–water partition coefficient (Wildman–Crippen LogP) is 1.55. The zero-order valence-electron chi connectivity index (χ0n) is 15.2. The largest absolute Gasteiger partial charge is 0.489 e. The number of nitrogens with two attached hydrogens (primary N) is 3. The second kappa shape index (κ2) is 6.99. The maximum absolute atomic E-state index is 11.1. The monoisotopic (exact) mass is 366 g/mol. The summed E-state index contributed by atoms with van der Waals surface area (Å²) in [5, 5.41) is 0. The molecule has 2 aromatic rings. The van der Waals surface area contributed by atoms with Gasteiger partial charge in [0.2, 0.25) is 17.8 Å². The number of carbonyl (C=O) groups excluding carboxylic acids is 1. The van der Waals surface area contributed by atoms with Crippen molar-refractivity contribution in [1.29, 1.82) is 0 Å². The zero-order valence-corrected chi connectivity index (χ0v) is 15.2. The molecule has 1 aliphatic rings. The standard InChI is InChI=1S/C19H22N6O2/c1-19(2)24-17(21)23-18(22)25(19)14-7-9-15(10-8-14)27-11-12-3-5-13(6-4-12)16(20)26/h3-10H,11H2,1-2H3,(H2,20,26)(H4,21,22,23,24). The van der Waals surface area contributed by atoms with Gasteiger partial charge < -0.3 is 21.9 Å². The average Bonchev–Trinajstić information content (AvgIpc) is 2.59. The summed E-state index contributed by atoms with van der Waals surface area (Å²) in [5.74, 6) is 0.699. The second-order valence-corrected chi connectivity index (χ2v) is 6.61. The molecule has 0 bridgehead atoms. The molecule has 0 atom stereocenters. The molecule has 1 heterocycles. The zero-order chi connectivity index (χ0) is 19.6. The van der Waals surface area contributed by atoms with E-state index in [1.165, 1.54) is 0 Å². The van der Waals surface area contributed by atoms with Crippen LogP contribution >= 0.6 is 0 Å². The Morgan fingerprint density at radius 3 is 2.26 bits per heavy atom. The highest BCUT2D eigenvalue weighted by Gasteiger charge is 2.32. The van der Waals surface area contributed by atoms with Crippen LogP contribution in [-0.2, 0) is 6.61 Å². The Morgan fingerprint density at radius 1 is 1.07 bits per heavy atom. The number of benzene rings is 2. The molecule has 0 aliphatic carbocycles.